The lowest BCUT2D eigenvalue weighted by atomic mass is 9.62. The Labute approximate surface area is 330 Å². The second-order valence-corrected chi connectivity index (χ2v) is 17.0. The van der Waals surface area contributed by atoms with Gasteiger partial charge in [-0.25, -0.2) is 4.98 Å². The summed E-state index contributed by atoms with van der Waals surface area (Å²) in [6.07, 6.45) is 6.56. The van der Waals surface area contributed by atoms with Crippen molar-refractivity contribution in [3.05, 3.63) is 214 Å². The molecule has 3 heterocycles. The van der Waals surface area contributed by atoms with Crippen molar-refractivity contribution in [1.82, 2.24) is 9.55 Å². The van der Waals surface area contributed by atoms with E-state index in [2.05, 4.69) is 188 Å². The van der Waals surface area contributed by atoms with Crippen LogP contribution in [0.3, 0.4) is 0 Å². The monoisotopic (exact) mass is 732 g/mol. The maximum absolute atomic E-state index is 4.89. The number of hydrogen-bond donors (Lipinski definition) is 0. The highest BCUT2D eigenvalue weighted by atomic mass is 32.2. The summed E-state index contributed by atoms with van der Waals surface area (Å²) in [5, 5.41) is 2.35. The topological polar surface area (TPSA) is 17.8 Å². The SMILES string of the molecule is CC1(C)c2ccccc2-c2cc3c(cc21)Sc1ccccc1C31c2ccccc2C=Cc2ccc(-c3ccc4c(c3)c3cccnc3n4-c3ccccc3)cc21. The number of fused-ring (bicyclic) bond motifs is 14. The number of benzene rings is 7. The van der Waals surface area contributed by atoms with Crippen LogP contribution in [0.25, 0.3) is 62.0 Å². The van der Waals surface area contributed by atoms with Crippen molar-refractivity contribution in [3.63, 3.8) is 0 Å². The van der Waals surface area contributed by atoms with Gasteiger partial charge in [0.1, 0.15) is 5.65 Å². The van der Waals surface area contributed by atoms with E-state index in [4.69, 9.17) is 4.98 Å². The molecule has 0 bridgehead atoms. The standard InChI is InChI=1S/C53H36N2S/c1-52(2)43-19-9-7-16-38(43)40-31-47-50(32-46(40)52)56-49-21-11-10-20-44(49)53(47)42-18-8-6-13-33(42)22-23-34-24-25-36(30-45(34)53)35-26-27-48-41(29-35)39-17-12-28-54-51(39)55(48)37-14-4-3-5-15-37/h3-32H,1-2H3. The van der Waals surface area contributed by atoms with Gasteiger partial charge in [0.15, 0.2) is 0 Å². The molecule has 0 fully saturated rings. The van der Waals surface area contributed by atoms with E-state index in [1.54, 1.807) is 0 Å². The van der Waals surface area contributed by atoms with E-state index in [1.165, 1.54) is 81.9 Å². The van der Waals surface area contributed by atoms with Gasteiger partial charge in [-0.05, 0) is 127 Å². The summed E-state index contributed by atoms with van der Waals surface area (Å²) in [6.45, 7) is 4.77. The minimum Gasteiger partial charge on any atom is -0.294 e. The normalized spacial score (nSPS) is 16.8. The molecule has 0 N–H and O–H groups in total. The van der Waals surface area contributed by atoms with Crippen LogP contribution in [0.15, 0.2) is 180 Å². The largest absolute Gasteiger partial charge is 0.294 e. The first-order valence-corrected chi connectivity index (χ1v) is 20.3. The molecule has 7 aromatic carbocycles. The summed E-state index contributed by atoms with van der Waals surface area (Å²) < 4.78 is 2.29. The summed E-state index contributed by atoms with van der Waals surface area (Å²) in [4.78, 5) is 7.53. The molecule has 2 aliphatic carbocycles. The maximum Gasteiger partial charge on any atom is 0.145 e. The first-order chi connectivity index (χ1) is 27.5. The summed E-state index contributed by atoms with van der Waals surface area (Å²) in [5.74, 6) is 0. The highest BCUT2D eigenvalue weighted by Gasteiger charge is 2.48. The zero-order chi connectivity index (χ0) is 37.2. The van der Waals surface area contributed by atoms with E-state index in [0.29, 0.717) is 0 Å². The highest BCUT2D eigenvalue weighted by molar-refractivity contribution is 7.99. The molecular weight excluding hydrogens is 697 g/mol. The van der Waals surface area contributed by atoms with Crippen LogP contribution in [0, 0.1) is 0 Å². The molecule has 0 amide bonds. The third-order valence-corrected chi connectivity index (χ3v) is 13.9. The van der Waals surface area contributed by atoms with Gasteiger partial charge in [-0.15, -0.1) is 0 Å². The van der Waals surface area contributed by atoms with Crippen LogP contribution in [0.4, 0.5) is 0 Å². The first-order valence-electron chi connectivity index (χ1n) is 19.5. The van der Waals surface area contributed by atoms with Crippen LogP contribution in [-0.4, -0.2) is 9.55 Å². The number of para-hydroxylation sites is 1. The maximum atomic E-state index is 4.89. The number of rotatable bonds is 2. The van der Waals surface area contributed by atoms with Gasteiger partial charge in [0, 0.05) is 37.9 Å². The van der Waals surface area contributed by atoms with Gasteiger partial charge in [0.25, 0.3) is 0 Å². The van der Waals surface area contributed by atoms with Gasteiger partial charge in [-0.3, -0.25) is 4.57 Å². The van der Waals surface area contributed by atoms with Gasteiger partial charge in [-0.1, -0.05) is 141 Å². The summed E-state index contributed by atoms with van der Waals surface area (Å²) in [6, 6.07) is 61.3. The lowest BCUT2D eigenvalue weighted by Crippen LogP contribution is -2.35. The highest BCUT2D eigenvalue weighted by Crippen LogP contribution is 2.61. The molecule has 1 atom stereocenters. The second kappa shape index (κ2) is 11.6. The molecule has 9 aromatic rings. The zero-order valence-electron chi connectivity index (χ0n) is 31.1. The van der Waals surface area contributed by atoms with Crippen LogP contribution >= 0.6 is 11.8 Å². The van der Waals surface area contributed by atoms with E-state index in [0.717, 1.165) is 22.2 Å². The number of pyridine rings is 1. The molecule has 264 valence electrons. The molecular formula is C53H36N2S. The van der Waals surface area contributed by atoms with Crippen LogP contribution in [0.2, 0.25) is 0 Å². The number of aromatic nitrogens is 2. The van der Waals surface area contributed by atoms with E-state index in [-0.39, 0.29) is 5.41 Å². The van der Waals surface area contributed by atoms with Crippen LogP contribution in [0.1, 0.15) is 58.4 Å². The molecule has 0 radical (unpaired) electrons. The Morgan fingerprint density at radius 1 is 0.482 bits per heavy atom. The van der Waals surface area contributed by atoms with Gasteiger partial charge in [0.2, 0.25) is 0 Å². The molecule has 0 saturated heterocycles. The molecule has 1 unspecified atom stereocenters. The molecule has 2 nitrogen and oxygen atoms in total. The molecule has 0 saturated carbocycles. The van der Waals surface area contributed by atoms with E-state index >= 15 is 0 Å². The van der Waals surface area contributed by atoms with Crippen molar-refractivity contribution in [2.45, 2.75) is 34.5 Å². The minimum absolute atomic E-state index is 0.0859. The molecule has 1 aliphatic heterocycles. The average molecular weight is 733 g/mol. The Morgan fingerprint density at radius 3 is 2.07 bits per heavy atom. The molecule has 3 aliphatic rings. The Morgan fingerprint density at radius 2 is 1.20 bits per heavy atom. The predicted molar refractivity (Wildman–Crippen MR) is 233 cm³/mol. The van der Waals surface area contributed by atoms with E-state index < -0.39 is 5.41 Å². The minimum atomic E-state index is -0.559. The lowest BCUT2D eigenvalue weighted by Gasteiger charge is -2.43. The van der Waals surface area contributed by atoms with Crippen LogP contribution in [0.5, 0.6) is 0 Å². The summed E-state index contributed by atoms with van der Waals surface area (Å²) >= 11 is 1.93. The van der Waals surface area contributed by atoms with Gasteiger partial charge < -0.3 is 0 Å². The third-order valence-electron chi connectivity index (χ3n) is 12.7. The predicted octanol–water partition coefficient (Wildman–Crippen LogP) is 13.5. The molecule has 56 heavy (non-hydrogen) atoms. The Kier molecular flexibility index (Phi) is 6.58. The van der Waals surface area contributed by atoms with Crippen LogP contribution in [-0.2, 0) is 10.8 Å². The number of hydrogen-bond acceptors (Lipinski definition) is 2. The van der Waals surface area contributed by atoms with Gasteiger partial charge in [-0.2, -0.15) is 0 Å². The number of nitrogens with zero attached hydrogens (tertiary/aromatic N) is 2. The third kappa shape index (κ3) is 4.21. The average Bonchev–Trinajstić information content (AvgIpc) is 3.63. The van der Waals surface area contributed by atoms with Crippen LogP contribution < -0.4 is 0 Å². The van der Waals surface area contributed by atoms with Crippen molar-refractivity contribution in [2.75, 3.05) is 0 Å². The van der Waals surface area contributed by atoms with Gasteiger partial charge >= 0.3 is 0 Å². The zero-order valence-corrected chi connectivity index (χ0v) is 31.9. The summed E-state index contributed by atoms with van der Waals surface area (Å²) in [7, 11) is 0. The fourth-order valence-electron chi connectivity index (χ4n) is 10.2. The van der Waals surface area contributed by atoms with Crippen molar-refractivity contribution >= 4 is 45.9 Å². The quantitative estimate of drug-likeness (QED) is 0.176. The second-order valence-electron chi connectivity index (χ2n) is 15.9. The lowest BCUT2D eigenvalue weighted by molar-refractivity contribution is 0.653. The molecule has 2 aromatic heterocycles. The fourth-order valence-corrected chi connectivity index (χ4v) is 11.4. The fraction of sp³-hybridized carbons (Fsp3) is 0.0755. The van der Waals surface area contributed by atoms with E-state index in [9.17, 15) is 0 Å². The molecule has 3 heteroatoms. The van der Waals surface area contributed by atoms with Crippen molar-refractivity contribution in [2.24, 2.45) is 0 Å². The molecule has 12 rings (SSSR count). The van der Waals surface area contributed by atoms with Crippen molar-refractivity contribution < 1.29 is 0 Å². The van der Waals surface area contributed by atoms with E-state index in [1.807, 2.05) is 24.0 Å². The Bertz CT molecular complexity index is 3150. The molecule has 1 spiro atoms. The van der Waals surface area contributed by atoms with Crippen molar-refractivity contribution in [3.8, 4) is 27.9 Å². The van der Waals surface area contributed by atoms with Gasteiger partial charge in [0.05, 0.1) is 10.9 Å². The smallest absolute Gasteiger partial charge is 0.145 e. The van der Waals surface area contributed by atoms with Crippen molar-refractivity contribution in [1.29, 1.82) is 0 Å². The first kappa shape index (κ1) is 31.9. The Balaban J connectivity index is 1.15. The summed E-state index contributed by atoms with van der Waals surface area (Å²) in [5.41, 5.74) is 18.3. The Hall–Kier alpha value is -6.42.